The molecule has 0 unspecified atom stereocenters. The molecule has 11 nitrogen and oxygen atoms in total. The molecule has 278 valence electrons. The molecule has 3 N–H and O–H groups in total. The fourth-order valence-electron chi connectivity index (χ4n) is 9.98. The van der Waals surface area contributed by atoms with Gasteiger partial charge in [-0.15, -0.1) is 11.6 Å². The van der Waals surface area contributed by atoms with Crippen molar-refractivity contribution in [3.63, 3.8) is 0 Å². The van der Waals surface area contributed by atoms with Crippen molar-refractivity contribution in [1.29, 1.82) is 0 Å². The second kappa shape index (κ2) is 16.0. The van der Waals surface area contributed by atoms with Crippen LogP contribution in [0, 0.1) is 23.2 Å². The van der Waals surface area contributed by atoms with Crippen molar-refractivity contribution in [3.8, 4) is 0 Å². The summed E-state index contributed by atoms with van der Waals surface area (Å²) in [6.45, 7) is 2.36. The third kappa shape index (κ3) is 7.72. The number of fused-ring (bicyclic) bond motifs is 3. The topological polar surface area (TPSA) is 139 Å². The summed E-state index contributed by atoms with van der Waals surface area (Å²) < 4.78 is 16.4. The molecule has 5 aliphatic rings. The summed E-state index contributed by atoms with van der Waals surface area (Å²) in [7, 11) is 1.31. The highest BCUT2D eigenvalue weighted by Crippen LogP contribution is 2.61. The molecule has 0 saturated heterocycles. The third-order valence-electron chi connectivity index (χ3n) is 11.7. The van der Waals surface area contributed by atoms with E-state index in [0.29, 0.717) is 57.9 Å². The summed E-state index contributed by atoms with van der Waals surface area (Å²) in [4.78, 5) is 56.8. The number of H-pyrrole nitrogens is 1. The number of halogens is 1. The first kappa shape index (κ1) is 36.4. The lowest BCUT2D eigenvalue weighted by atomic mass is 9.49. The Labute approximate surface area is 309 Å². The zero-order valence-electron chi connectivity index (χ0n) is 29.8. The number of hydrogen-bond acceptors (Lipinski definition) is 7. The van der Waals surface area contributed by atoms with Crippen LogP contribution in [-0.2, 0) is 35.0 Å². The molecule has 2 aromatic carbocycles. The van der Waals surface area contributed by atoms with Crippen molar-refractivity contribution in [1.82, 2.24) is 20.5 Å². The third-order valence-corrected chi connectivity index (χ3v) is 11.9. The van der Waals surface area contributed by atoms with E-state index >= 15 is 0 Å². The lowest BCUT2D eigenvalue weighted by Crippen LogP contribution is -2.52. The zero-order chi connectivity index (χ0) is 36.2. The predicted molar refractivity (Wildman–Crippen MR) is 196 cm³/mol. The maximum atomic E-state index is 13.2. The molecular weight excluding hydrogens is 684 g/mol. The number of benzene rings is 2. The highest BCUT2D eigenvalue weighted by Gasteiger charge is 2.51. The van der Waals surface area contributed by atoms with Gasteiger partial charge in [0.1, 0.15) is 11.9 Å². The number of aromatic amines is 1. The van der Waals surface area contributed by atoms with E-state index in [-0.39, 0.29) is 23.1 Å². The van der Waals surface area contributed by atoms with E-state index in [4.69, 9.17) is 25.8 Å². The number of carbonyl (C=O) groups is 4. The maximum absolute atomic E-state index is 13.2. The Bertz CT molecular complexity index is 1740. The number of aromatic nitrogens is 1. The number of esters is 1. The van der Waals surface area contributed by atoms with Gasteiger partial charge in [0.25, 0.3) is 5.91 Å². The highest BCUT2D eigenvalue weighted by molar-refractivity contribution is 6.27. The van der Waals surface area contributed by atoms with Gasteiger partial charge in [-0.1, -0.05) is 30.3 Å². The van der Waals surface area contributed by atoms with Crippen LogP contribution in [0.3, 0.4) is 0 Å². The van der Waals surface area contributed by atoms with Gasteiger partial charge in [0, 0.05) is 48.1 Å². The fraction of sp³-hybridized carbons (Fsp3) is 0.550. The second-order valence-electron chi connectivity index (χ2n) is 15.2. The number of methoxy groups -OCH3 is 1. The number of para-hydroxylation sites is 1. The maximum Gasteiger partial charge on any atom is 0.328 e. The standard InChI is InChI=1S/C40H49ClN4O7/c1-50-39(49)33-19-31-30-4-2-3-5-32(30)44-36(31)37(45(33)35(47)24-41)28-6-8-29(9-7-28)38(48)43-11-13-52-15-14-51-12-10-42-34(46)23-40-20-25-16-26(21-40)18-27(17-25)22-40/h2-9,25-27,33,37,44H,10-24H2,1H3,(H,42,46)(H,43,48)/t25?,26?,27?,33-,37+,40?/m1/s1. The number of nitrogens with one attached hydrogen (secondary N) is 3. The van der Waals surface area contributed by atoms with Crippen LogP contribution in [0.4, 0.5) is 0 Å². The van der Waals surface area contributed by atoms with Gasteiger partial charge in [-0.25, -0.2) is 4.79 Å². The monoisotopic (exact) mass is 732 g/mol. The van der Waals surface area contributed by atoms with Crippen LogP contribution >= 0.6 is 11.6 Å². The summed E-state index contributed by atoms with van der Waals surface area (Å²) >= 11 is 6.05. The predicted octanol–water partition coefficient (Wildman–Crippen LogP) is 4.91. The summed E-state index contributed by atoms with van der Waals surface area (Å²) in [6.07, 6.45) is 8.80. The Morgan fingerprint density at radius 2 is 1.50 bits per heavy atom. The van der Waals surface area contributed by atoms with Gasteiger partial charge < -0.3 is 34.7 Å². The molecule has 1 aliphatic heterocycles. The highest BCUT2D eigenvalue weighted by atomic mass is 35.5. The number of hydrogen-bond donors (Lipinski definition) is 3. The zero-order valence-corrected chi connectivity index (χ0v) is 30.6. The van der Waals surface area contributed by atoms with Crippen LogP contribution in [0.15, 0.2) is 48.5 Å². The lowest BCUT2D eigenvalue weighted by Gasteiger charge is -2.56. The van der Waals surface area contributed by atoms with Crippen molar-refractivity contribution >= 4 is 46.2 Å². The molecule has 4 saturated carbocycles. The first-order chi connectivity index (χ1) is 25.3. The molecule has 2 heterocycles. The van der Waals surface area contributed by atoms with E-state index < -0.39 is 24.0 Å². The molecule has 1 aromatic heterocycles. The van der Waals surface area contributed by atoms with Gasteiger partial charge in [-0.3, -0.25) is 14.4 Å². The summed E-state index contributed by atoms with van der Waals surface area (Å²) in [5.74, 6) is 1.22. The van der Waals surface area contributed by atoms with Crippen molar-refractivity contribution in [2.45, 2.75) is 63.5 Å². The van der Waals surface area contributed by atoms with Crippen molar-refractivity contribution in [3.05, 3.63) is 70.9 Å². The van der Waals surface area contributed by atoms with E-state index in [2.05, 4.69) is 15.6 Å². The molecule has 2 atom stereocenters. The van der Waals surface area contributed by atoms with Gasteiger partial charge in [-0.05, 0) is 91.0 Å². The Morgan fingerprint density at radius 1 is 0.865 bits per heavy atom. The minimum absolute atomic E-state index is 0.153. The molecule has 4 bridgehead atoms. The van der Waals surface area contributed by atoms with Crippen LogP contribution in [0.2, 0.25) is 0 Å². The van der Waals surface area contributed by atoms with Crippen LogP contribution in [0.5, 0.6) is 0 Å². The largest absolute Gasteiger partial charge is 0.467 e. The molecule has 0 radical (unpaired) electrons. The molecule has 52 heavy (non-hydrogen) atoms. The van der Waals surface area contributed by atoms with E-state index in [1.54, 1.807) is 24.3 Å². The molecular formula is C40H49ClN4O7. The lowest BCUT2D eigenvalue weighted by molar-refractivity contribution is -0.154. The van der Waals surface area contributed by atoms with E-state index in [0.717, 1.165) is 45.5 Å². The Hall–Kier alpha value is -3.93. The van der Waals surface area contributed by atoms with E-state index in [1.807, 2.05) is 24.3 Å². The minimum Gasteiger partial charge on any atom is -0.467 e. The number of amides is 3. The quantitative estimate of drug-likeness (QED) is 0.115. The Morgan fingerprint density at radius 3 is 2.13 bits per heavy atom. The first-order valence-electron chi connectivity index (χ1n) is 18.6. The van der Waals surface area contributed by atoms with Crippen molar-refractivity contribution < 1.29 is 33.4 Å². The number of carbonyl (C=O) groups excluding carboxylic acids is 4. The molecule has 3 amide bonds. The van der Waals surface area contributed by atoms with Crippen molar-refractivity contribution in [2.75, 3.05) is 52.5 Å². The Balaban J connectivity index is 0.847. The SMILES string of the molecule is COC(=O)[C@H]1Cc2c([nH]c3ccccc23)[C@H](c2ccc(C(=O)NCCOCCOCCNC(=O)CC34CC5CC(CC(C5)C3)C4)cc2)N1C(=O)CCl. The first-order valence-corrected chi connectivity index (χ1v) is 19.2. The summed E-state index contributed by atoms with van der Waals surface area (Å²) in [5, 5.41) is 6.90. The molecule has 4 fully saturated rings. The Kier molecular flexibility index (Phi) is 11.2. The fourth-order valence-corrected chi connectivity index (χ4v) is 10.1. The van der Waals surface area contributed by atoms with Crippen LogP contribution in [0.25, 0.3) is 10.9 Å². The normalized spacial score (nSPS) is 25.9. The van der Waals surface area contributed by atoms with Gasteiger partial charge in [0.2, 0.25) is 11.8 Å². The number of nitrogens with zero attached hydrogens (tertiary/aromatic N) is 1. The number of rotatable bonds is 15. The molecule has 4 aliphatic carbocycles. The molecule has 3 aromatic rings. The van der Waals surface area contributed by atoms with E-state index in [9.17, 15) is 19.2 Å². The minimum atomic E-state index is -0.858. The van der Waals surface area contributed by atoms with Gasteiger partial charge >= 0.3 is 5.97 Å². The van der Waals surface area contributed by atoms with Crippen LogP contribution in [0.1, 0.15) is 78.2 Å². The van der Waals surface area contributed by atoms with Gasteiger partial charge in [-0.2, -0.15) is 0 Å². The van der Waals surface area contributed by atoms with Crippen LogP contribution < -0.4 is 10.6 Å². The number of ether oxygens (including phenoxy) is 3. The summed E-state index contributed by atoms with van der Waals surface area (Å²) in [5.41, 5.74) is 4.06. The second-order valence-corrected chi connectivity index (χ2v) is 15.5. The molecule has 12 heteroatoms. The average molecular weight is 733 g/mol. The van der Waals surface area contributed by atoms with Gasteiger partial charge in [0.15, 0.2) is 0 Å². The van der Waals surface area contributed by atoms with Gasteiger partial charge in [0.05, 0.1) is 39.6 Å². The smallest absolute Gasteiger partial charge is 0.328 e. The van der Waals surface area contributed by atoms with Crippen LogP contribution in [-0.4, -0.2) is 92.1 Å². The number of alkyl halides is 1. The summed E-state index contributed by atoms with van der Waals surface area (Å²) in [6, 6.07) is 13.3. The average Bonchev–Trinajstić information content (AvgIpc) is 3.51. The molecule has 0 spiro atoms. The molecule has 8 rings (SSSR count). The van der Waals surface area contributed by atoms with E-state index in [1.165, 1.54) is 50.5 Å². The van der Waals surface area contributed by atoms with Crippen molar-refractivity contribution in [2.24, 2.45) is 23.2 Å².